The molecule has 2 N–H and O–H groups in total. The fraction of sp³-hybridized carbons (Fsp3) is 0.438. The maximum Gasteiger partial charge on any atom is 0.310 e. The van der Waals surface area contributed by atoms with Crippen molar-refractivity contribution in [2.75, 3.05) is 20.3 Å². The van der Waals surface area contributed by atoms with Gasteiger partial charge in [0.15, 0.2) is 6.61 Å². The molecule has 0 aliphatic carbocycles. The van der Waals surface area contributed by atoms with Crippen molar-refractivity contribution in [3.8, 4) is 5.75 Å². The van der Waals surface area contributed by atoms with Gasteiger partial charge in [0.05, 0.1) is 20.1 Å². The summed E-state index contributed by atoms with van der Waals surface area (Å²) in [6, 6.07) is 7.06. The van der Waals surface area contributed by atoms with Crippen LogP contribution in [0.4, 0.5) is 0 Å². The van der Waals surface area contributed by atoms with Crippen LogP contribution in [0.25, 0.3) is 0 Å². The smallest absolute Gasteiger partial charge is 0.310 e. The Kier molecular flexibility index (Phi) is 7.59. The number of carbonyl (C=O) groups is 3. The van der Waals surface area contributed by atoms with Gasteiger partial charge in [-0.1, -0.05) is 18.2 Å². The van der Waals surface area contributed by atoms with E-state index >= 15 is 0 Å². The highest BCUT2D eigenvalue weighted by Gasteiger charge is 2.12. The highest BCUT2D eigenvalue weighted by atomic mass is 16.5. The van der Waals surface area contributed by atoms with Crippen LogP contribution in [0.3, 0.4) is 0 Å². The van der Waals surface area contributed by atoms with Crippen LogP contribution in [0.2, 0.25) is 0 Å². The summed E-state index contributed by atoms with van der Waals surface area (Å²) in [5, 5.41) is 5.01. The Labute approximate surface area is 135 Å². The summed E-state index contributed by atoms with van der Waals surface area (Å²) >= 11 is 0. The van der Waals surface area contributed by atoms with Crippen LogP contribution >= 0.6 is 0 Å². The minimum atomic E-state index is -0.545. The van der Waals surface area contributed by atoms with Gasteiger partial charge in [-0.3, -0.25) is 14.4 Å². The number of hydrogen-bond donors (Lipinski definition) is 2. The number of ether oxygens (including phenoxy) is 2. The zero-order valence-corrected chi connectivity index (χ0v) is 13.5. The SMILES string of the molecule is COc1ccccc1CC(=O)OCC(=O)NCC(=O)NC(C)C. The summed E-state index contributed by atoms with van der Waals surface area (Å²) < 4.78 is 10.0. The largest absolute Gasteiger partial charge is 0.496 e. The molecule has 1 aromatic carbocycles. The molecule has 126 valence electrons. The molecule has 2 amide bonds. The van der Waals surface area contributed by atoms with E-state index in [1.807, 2.05) is 13.8 Å². The van der Waals surface area contributed by atoms with E-state index in [1.54, 1.807) is 24.3 Å². The molecule has 0 aromatic heterocycles. The zero-order chi connectivity index (χ0) is 17.2. The number of para-hydroxylation sites is 1. The molecule has 0 aliphatic heterocycles. The Morgan fingerprint density at radius 2 is 1.83 bits per heavy atom. The maximum absolute atomic E-state index is 11.7. The predicted molar refractivity (Wildman–Crippen MR) is 83.9 cm³/mol. The fourth-order valence-electron chi connectivity index (χ4n) is 1.80. The Bertz CT molecular complexity index is 557. The Morgan fingerprint density at radius 3 is 2.48 bits per heavy atom. The molecule has 1 aromatic rings. The quantitative estimate of drug-likeness (QED) is 0.677. The lowest BCUT2D eigenvalue weighted by atomic mass is 10.1. The lowest BCUT2D eigenvalue weighted by Gasteiger charge is -2.10. The first kappa shape index (κ1) is 18.5. The van der Waals surface area contributed by atoms with E-state index in [4.69, 9.17) is 9.47 Å². The van der Waals surface area contributed by atoms with E-state index in [9.17, 15) is 14.4 Å². The first-order valence-electron chi connectivity index (χ1n) is 7.26. The van der Waals surface area contributed by atoms with Crippen LogP contribution in [0.1, 0.15) is 19.4 Å². The molecular weight excluding hydrogens is 300 g/mol. The van der Waals surface area contributed by atoms with Gasteiger partial charge in [0.25, 0.3) is 5.91 Å². The summed E-state index contributed by atoms with van der Waals surface area (Å²) in [6.07, 6.45) is 0.00509. The van der Waals surface area contributed by atoms with Crippen molar-refractivity contribution in [1.29, 1.82) is 0 Å². The van der Waals surface area contributed by atoms with Gasteiger partial charge in [-0.15, -0.1) is 0 Å². The predicted octanol–water partition coefficient (Wildman–Crippen LogP) is 0.422. The molecule has 0 saturated carbocycles. The first-order valence-corrected chi connectivity index (χ1v) is 7.26. The molecule has 0 aliphatic rings. The van der Waals surface area contributed by atoms with Crippen LogP contribution in [0.5, 0.6) is 5.75 Å². The van der Waals surface area contributed by atoms with Crippen LogP contribution < -0.4 is 15.4 Å². The number of methoxy groups -OCH3 is 1. The molecule has 0 fully saturated rings. The molecule has 1 rings (SSSR count). The van der Waals surface area contributed by atoms with Crippen molar-refractivity contribution in [3.63, 3.8) is 0 Å². The van der Waals surface area contributed by atoms with Gasteiger partial charge in [-0.05, 0) is 19.9 Å². The molecule has 23 heavy (non-hydrogen) atoms. The van der Waals surface area contributed by atoms with Crippen molar-refractivity contribution < 1.29 is 23.9 Å². The second kappa shape index (κ2) is 9.45. The summed E-state index contributed by atoms with van der Waals surface area (Å²) in [5.74, 6) is -0.790. The highest BCUT2D eigenvalue weighted by Crippen LogP contribution is 2.17. The zero-order valence-electron chi connectivity index (χ0n) is 13.5. The number of benzene rings is 1. The summed E-state index contributed by atoms with van der Waals surface area (Å²) in [4.78, 5) is 34.6. The normalized spacial score (nSPS) is 10.1. The van der Waals surface area contributed by atoms with E-state index in [1.165, 1.54) is 7.11 Å². The summed E-state index contributed by atoms with van der Waals surface area (Å²) in [6.45, 7) is 3.06. The summed E-state index contributed by atoms with van der Waals surface area (Å²) in [5.41, 5.74) is 0.678. The van der Waals surface area contributed by atoms with Gasteiger partial charge in [0, 0.05) is 11.6 Å². The fourth-order valence-corrected chi connectivity index (χ4v) is 1.80. The van der Waals surface area contributed by atoms with Crippen molar-refractivity contribution in [3.05, 3.63) is 29.8 Å². The lowest BCUT2D eigenvalue weighted by Crippen LogP contribution is -2.41. The van der Waals surface area contributed by atoms with Crippen LogP contribution in [0.15, 0.2) is 24.3 Å². The number of hydrogen-bond acceptors (Lipinski definition) is 5. The van der Waals surface area contributed by atoms with Crippen LogP contribution in [-0.2, 0) is 25.5 Å². The van der Waals surface area contributed by atoms with Crippen molar-refractivity contribution in [2.45, 2.75) is 26.3 Å². The molecule has 0 radical (unpaired) electrons. The van der Waals surface area contributed by atoms with Crippen molar-refractivity contribution in [2.24, 2.45) is 0 Å². The monoisotopic (exact) mass is 322 g/mol. The number of nitrogens with one attached hydrogen (secondary N) is 2. The maximum atomic E-state index is 11.7. The standard InChI is InChI=1S/C16H22N2O5/c1-11(2)18-14(19)9-17-15(20)10-23-16(21)8-12-6-4-5-7-13(12)22-3/h4-7,11H,8-10H2,1-3H3,(H,17,20)(H,18,19). The van der Waals surface area contributed by atoms with Crippen LogP contribution in [-0.4, -0.2) is 44.1 Å². The average molecular weight is 322 g/mol. The number of rotatable bonds is 8. The second-order valence-corrected chi connectivity index (χ2v) is 5.15. The minimum absolute atomic E-state index is 0.00178. The molecular formula is C16H22N2O5. The molecule has 0 bridgehead atoms. The molecule has 7 heteroatoms. The Balaban J connectivity index is 2.33. The molecule has 0 saturated heterocycles. The Morgan fingerprint density at radius 1 is 1.13 bits per heavy atom. The summed E-state index contributed by atoms with van der Waals surface area (Å²) in [7, 11) is 1.51. The Hall–Kier alpha value is -2.57. The number of amides is 2. The van der Waals surface area contributed by atoms with Gasteiger partial charge in [0.2, 0.25) is 5.91 Å². The van der Waals surface area contributed by atoms with Crippen molar-refractivity contribution in [1.82, 2.24) is 10.6 Å². The molecule has 0 spiro atoms. The third-order valence-corrected chi connectivity index (χ3v) is 2.79. The first-order chi connectivity index (χ1) is 10.9. The minimum Gasteiger partial charge on any atom is -0.496 e. The number of esters is 1. The number of carbonyl (C=O) groups excluding carboxylic acids is 3. The third kappa shape index (κ3) is 7.30. The highest BCUT2D eigenvalue weighted by molar-refractivity contribution is 5.86. The van der Waals surface area contributed by atoms with Crippen LogP contribution in [0, 0.1) is 0 Å². The van der Waals surface area contributed by atoms with E-state index in [-0.39, 0.29) is 24.9 Å². The van der Waals surface area contributed by atoms with E-state index < -0.39 is 18.5 Å². The molecule has 0 unspecified atom stereocenters. The lowest BCUT2D eigenvalue weighted by molar-refractivity contribution is -0.148. The van der Waals surface area contributed by atoms with Gasteiger partial charge < -0.3 is 20.1 Å². The second-order valence-electron chi connectivity index (χ2n) is 5.15. The topological polar surface area (TPSA) is 93.7 Å². The van der Waals surface area contributed by atoms with Gasteiger partial charge >= 0.3 is 5.97 Å². The van der Waals surface area contributed by atoms with Gasteiger partial charge in [-0.2, -0.15) is 0 Å². The molecule has 0 atom stereocenters. The third-order valence-electron chi connectivity index (χ3n) is 2.79. The van der Waals surface area contributed by atoms with Gasteiger partial charge in [0.1, 0.15) is 5.75 Å². The van der Waals surface area contributed by atoms with E-state index in [0.717, 1.165) is 0 Å². The van der Waals surface area contributed by atoms with Gasteiger partial charge in [-0.25, -0.2) is 0 Å². The van der Waals surface area contributed by atoms with E-state index in [2.05, 4.69) is 10.6 Å². The molecule has 7 nitrogen and oxygen atoms in total. The van der Waals surface area contributed by atoms with E-state index in [0.29, 0.717) is 11.3 Å². The average Bonchev–Trinajstić information content (AvgIpc) is 2.51. The van der Waals surface area contributed by atoms with Crippen molar-refractivity contribution >= 4 is 17.8 Å². The molecule has 0 heterocycles.